The van der Waals surface area contributed by atoms with E-state index in [0.717, 1.165) is 27.0 Å². The Balaban J connectivity index is 1.82. The first-order valence-electron chi connectivity index (χ1n) is 10.4. The Bertz CT molecular complexity index is 1400. The molecule has 3 nitrogen and oxygen atoms in total. The number of pyridine rings is 1. The van der Waals surface area contributed by atoms with Crippen molar-refractivity contribution in [3.63, 3.8) is 0 Å². The molecule has 0 unspecified atom stereocenters. The van der Waals surface area contributed by atoms with Gasteiger partial charge in [-0.25, -0.2) is 0 Å². The molecule has 7 heteroatoms. The molecule has 0 saturated carbocycles. The molecule has 0 fully saturated rings. The van der Waals surface area contributed by atoms with Crippen LogP contribution in [-0.2, 0) is 12.7 Å². The second-order valence-electron chi connectivity index (χ2n) is 7.74. The van der Waals surface area contributed by atoms with Gasteiger partial charge in [0.25, 0.3) is 5.56 Å². The zero-order chi connectivity index (χ0) is 24.3. The number of nitriles is 1. The fourth-order valence-electron chi connectivity index (χ4n) is 3.57. The van der Waals surface area contributed by atoms with E-state index in [1.165, 1.54) is 22.4 Å². The molecule has 34 heavy (non-hydrogen) atoms. The van der Waals surface area contributed by atoms with Crippen molar-refractivity contribution in [1.29, 1.82) is 5.26 Å². The van der Waals surface area contributed by atoms with Crippen molar-refractivity contribution < 1.29 is 13.2 Å². The standard InChI is InChI=1S/C27H19F3N2OS/c1-18-7-9-19(10-8-18)17-32-25(15-24(27(28,29)30)23(16-31)26(32)33)20-11-13-22(14-12-20)34-21-5-3-2-4-6-21/h2-15H,17H2,1H3. The predicted octanol–water partition coefficient (Wildman–Crippen LogP) is 6.91. The summed E-state index contributed by atoms with van der Waals surface area (Å²) in [6, 6.07) is 26.4. The highest BCUT2D eigenvalue weighted by Crippen LogP contribution is 2.35. The molecule has 1 aromatic heterocycles. The first kappa shape index (κ1) is 23.4. The summed E-state index contributed by atoms with van der Waals surface area (Å²) in [7, 11) is 0. The third-order valence-electron chi connectivity index (χ3n) is 5.31. The van der Waals surface area contributed by atoms with Crippen molar-refractivity contribution in [3.05, 3.63) is 118 Å². The lowest BCUT2D eigenvalue weighted by Gasteiger charge is -2.18. The summed E-state index contributed by atoms with van der Waals surface area (Å²) in [5.74, 6) is 0. The Hall–Kier alpha value is -3.76. The van der Waals surface area contributed by atoms with E-state index in [2.05, 4.69) is 0 Å². The lowest BCUT2D eigenvalue weighted by molar-refractivity contribution is -0.137. The van der Waals surface area contributed by atoms with Crippen LogP contribution in [0.4, 0.5) is 13.2 Å². The molecule has 0 N–H and O–H groups in total. The van der Waals surface area contributed by atoms with Gasteiger partial charge in [-0.1, -0.05) is 71.9 Å². The molecule has 0 aliphatic carbocycles. The van der Waals surface area contributed by atoms with Gasteiger partial charge in [0.2, 0.25) is 0 Å². The Kier molecular flexibility index (Phi) is 6.62. The van der Waals surface area contributed by atoms with Gasteiger partial charge in [-0.2, -0.15) is 18.4 Å². The van der Waals surface area contributed by atoms with E-state index in [1.54, 1.807) is 24.3 Å². The van der Waals surface area contributed by atoms with Crippen molar-refractivity contribution in [3.8, 4) is 17.3 Å². The third kappa shape index (κ3) is 5.08. The van der Waals surface area contributed by atoms with Crippen LogP contribution in [-0.4, -0.2) is 4.57 Å². The highest BCUT2D eigenvalue weighted by atomic mass is 32.2. The van der Waals surface area contributed by atoms with Gasteiger partial charge in [-0.3, -0.25) is 4.79 Å². The number of rotatable bonds is 5. The van der Waals surface area contributed by atoms with Gasteiger partial charge in [-0.05, 0) is 48.4 Å². The number of aromatic nitrogens is 1. The topological polar surface area (TPSA) is 45.8 Å². The summed E-state index contributed by atoms with van der Waals surface area (Å²) >= 11 is 1.52. The van der Waals surface area contributed by atoms with Crippen molar-refractivity contribution in [2.24, 2.45) is 0 Å². The van der Waals surface area contributed by atoms with E-state index < -0.39 is 22.9 Å². The fraction of sp³-hybridized carbons (Fsp3) is 0.111. The summed E-state index contributed by atoms with van der Waals surface area (Å²) in [6.07, 6.45) is -4.83. The Morgan fingerprint density at radius 1 is 0.912 bits per heavy atom. The number of aryl methyl sites for hydroxylation is 1. The second-order valence-corrected chi connectivity index (χ2v) is 8.89. The first-order chi connectivity index (χ1) is 16.3. The molecule has 0 amide bonds. The van der Waals surface area contributed by atoms with Crippen LogP contribution in [0.15, 0.2) is 99.5 Å². The fourth-order valence-corrected chi connectivity index (χ4v) is 4.41. The molecule has 0 radical (unpaired) electrons. The summed E-state index contributed by atoms with van der Waals surface area (Å²) < 4.78 is 42.4. The van der Waals surface area contributed by atoms with Crippen LogP contribution in [0, 0.1) is 18.3 Å². The number of hydrogen-bond acceptors (Lipinski definition) is 3. The van der Waals surface area contributed by atoms with Gasteiger partial charge in [0.1, 0.15) is 11.6 Å². The van der Waals surface area contributed by atoms with Crippen LogP contribution in [0.5, 0.6) is 0 Å². The molecule has 0 saturated heterocycles. The van der Waals surface area contributed by atoms with E-state index in [0.29, 0.717) is 5.56 Å². The van der Waals surface area contributed by atoms with Crippen molar-refractivity contribution in [2.75, 3.05) is 0 Å². The van der Waals surface area contributed by atoms with Crippen molar-refractivity contribution in [1.82, 2.24) is 4.57 Å². The number of halogens is 3. The van der Waals surface area contributed by atoms with E-state index in [-0.39, 0.29) is 12.2 Å². The van der Waals surface area contributed by atoms with Gasteiger partial charge >= 0.3 is 6.18 Å². The molecule has 0 atom stereocenters. The largest absolute Gasteiger partial charge is 0.417 e. The Morgan fingerprint density at radius 2 is 1.53 bits per heavy atom. The minimum atomic E-state index is -4.83. The number of benzene rings is 3. The monoisotopic (exact) mass is 476 g/mol. The number of nitrogens with zero attached hydrogens (tertiary/aromatic N) is 2. The molecule has 0 bridgehead atoms. The molecule has 4 rings (SSSR count). The first-order valence-corrected chi connectivity index (χ1v) is 11.2. The maximum Gasteiger partial charge on any atom is 0.417 e. The van der Waals surface area contributed by atoms with Gasteiger partial charge < -0.3 is 4.57 Å². The predicted molar refractivity (Wildman–Crippen MR) is 127 cm³/mol. The normalized spacial score (nSPS) is 11.3. The number of hydrogen-bond donors (Lipinski definition) is 0. The average Bonchev–Trinajstić information content (AvgIpc) is 2.82. The molecule has 4 aromatic rings. The van der Waals surface area contributed by atoms with Gasteiger partial charge in [0, 0.05) is 9.79 Å². The summed E-state index contributed by atoms with van der Waals surface area (Å²) in [5, 5.41) is 9.36. The highest BCUT2D eigenvalue weighted by molar-refractivity contribution is 7.99. The molecule has 3 aromatic carbocycles. The maximum atomic E-state index is 13.7. The average molecular weight is 477 g/mol. The van der Waals surface area contributed by atoms with E-state index in [4.69, 9.17) is 0 Å². The van der Waals surface area contributed by atoms with Gasteiger partial charge in [0.15, 0.2) is 0 Å². The zero-order valence-corrected chi connectivity index (χ0v) is 19.0. The minimum absolute atomic E-state index is 0.0434. The molecule has 0 spiro atoms. The smallest absolute Gasteiger partial charge is 0.303 e. The van der Waals surface area contributed by atoms with E-state index in [1.807, 2.05) is 61.5 Å². The quantitative estimate of drug-likeness (QED) is 0.314. The van der Waals surface area contributed by atoms with Crippen LogP contribution < -0.4 is 5.56 Å². The minimum Gasteiger partial charge on any atom is -0.303 e. The molecule has 170 valence electrons. The zero-order valence-electron chi connectivity index (χ0n) is 18.1. The molecule has 0 aliphatic heterocycles. The van der Waals surface area contributed by atoms with Crippen LogP contribution in [0.1, 0.15) is 22.3 Å². The van der Waals surface area contributed by atoms with Crippen LogP contribution in [0.2, 0.25) is 0 Å². The van der Waals surface area contributed by atoms with Crippen LogP contribution >= 0.6 is 11.8 Å². The van der Waals surface area contributed by atoms with Gasteiger partial charge in [0.05, 0.1) is 17.8 Å². The van der Waals surface area contributed by atoms with E-state index >= 15 is 0 Å². The summed E-state index contributed by atoms with van der Waals surface area (Å²) in [4.78, 5) is 15.0. The molecule has 1 heterocycles. The highest BCUT2D eigenvalue weighted by Gasteiger charge is 2.36. The lowest BCUT2D eigenvalue weighted by atomic mass is 10.0. The second kappa shape index (κ2) is 9.62. The third-order valence-corrected chi connectivity index (χ3v) is 6.32. The number of alkyl halides is 3. The molecule has 0 aliphatic rings. The lowest BCUT2D eigenvalue weighted by Crippen LogP contribution is -2.28. The molecular formula is C27H19F3N2OS. The van der Waals surface area contributed by atoms with Crippen LogP contribution in [0.3, 0.4) is 0 Å². The maximum absolute atomic E-state index is 13.7. The van der Waals surface area contributed by atoms with Crippen molar-refractivity contribution >= 4 is 11.8 Å². The summed E-state index contributed by atoms with van der Waals surface area (Å²) in [5.41, 5.74) is -0.764. The Morgan fingerprint density at radius 3 is 2.12 bits per heavy atom. The van der Waals surface area contributed by atoms with Crippen molar-refractivity contribution in [2.45, 2.75) is 29.4 Å². The van der Waals surface area contributed by atoms with Gasteiger partial charge in [-0.15, -0.1) is 0 Å². The summed E-state index contributed by atoms with van der Waals surface area (Å²) in [6.45, 7) is 1.96. The van der Waals surface area contributed by atoms with Crippen LogP contribution in [0.25, 0.3) is 11.3 Å². The Labute approximate surface area is 199 Å². The molecular weight excluding hydrogens is 457 g/mol. The SMILES string of the molecule is Cc1ccc(Cn2c(-c3ccc(Sc4ccccc4)cc3)cc(C(F)(F)F)c(C#N)c2=O)cc1. The van der Waals surface area contributed by atoms with E-state index in [9.17, 15) is 23.2 Å².